The standard InChI is InChI=1S/C17H22N8/c1-13(14-6-4-7-15(10-14)25-9-5-8-21-25)23-17(18-2)19-11-16-20-12-22-24(16)3/h4-10,12-13H,11H2,1-3H3,(H2,18,19,23). The Hall–Kier alpha value is -3.16. The van der Waals surface area contributed by atoms with Crippen molar-refractivity contribution in [2.75, 3.05) is 7.05 Å². The zero-order chi connectivity index (χ0) is 17.6. The van der Waals surface area contributed by atoms with Crippen molar-refractivity contribution in [2.24, 2.45) is 12.0 Å². The second kappa shape index (κ2) is 7.61. The van der Waals surface area contributed by atoms with Crippen molar-refractivity contribution >= 4 is 5.96 Å². The van der Waals surface area contributed by atoms with Gasteiger partial charge in [0.25, 0.3) is 0 Å². The largest absolute Gasteiger partial charge is 0.350 e. The minimum atomic E-state index is 0.0845. The third-order valence-electron chi connectivity index (χ3n) is 3.94. The van der Waals surface area contributed by atoms with Gasteiger partial charge in [0, 0.05) is 26.5 Å². The fraction of sp³-hybridized carbons (Fsp3) is 0.294. The summed E-state index contributed by atoms with van der Waals surface area (Å²) < 4.78 is 3.58. The molecule has 1 unspecified atom stereocenters. The number of aromatic nitrogens is 5. The molecule has 0 aliphatic carbocycles. The van der Waals surface area contributed by atoms with Crippen LogP contribution in [0.2, 0.25) is 0 Å². The van der Waals surface area contributed by atoms with Crippen LogP contribution >= 0.6 is 0 Å². The molecular formula is C17H22N8. The van der Waals surface area contributed by atoms with Crippen LogP contribution in [-0.2, 0) is 13.6 Å². The van der Waals surface area contributed by atoms with Gasteiger partial charge < -0.3 is 10.6 Å². The van der Waals surface area contributed by atoms with E-state index in [1.165, 1.54) is 6.33 Å². The van der Waals surface area contributed by atoms with E-state index in [9.17, 15) is 0 Å². The molecule has 3 aromatic rings. The van der Waals surface area contributed by atoms with Crippen molar-refractivity contribution in [3.63, 3.8) is 0 Å². The third-order valence-corrected chi connectivity index (χ3v) is 3.94. The monoisotopic (exact) mass is 338 g/mol. The second-order valence-corrected chi connectivity index (χ2v) is 5.64. The lowest BCUT2D eigenvalue weighted by Crippen LogP contribution is -2.38. The number of benzene rings is 1. The molecular weight excluding hydrogens is 316 g/mol. The van der Waals surface area contributed by atoms with E-state index < -0.39 is 0 Å². The molecule has 0 bridgehead atoms. The Labute approximate surface area is 146 Å². The molecule has 1 atom stereocenters. The Morgan fingerprint density at radius 2 is 2.16 bits per heavy atom. The van der Waals surface area contributed by atoms with Gasteiger partial charge in [-0.1, -0.05) is 12.1 Å². The van der Waals surface area contributed by atoms with Crippen LogP contribution in [0.3, 0.4) is 0 Å². The van der Waals surface area contributed by atoms with E-state index in [-0.39, 0.29) is 6.04 Å². The van der Waals surface area contributed by atoms with Gasteiger partial charge in [-0.15, -0.1) is 0 Å². The van der Waals surface area contributed by atoms with Crippen molar-refractivity contribution < 1.29 is 0 Å². The topological polar surface area (TPSA) is 85.0 Å². The van der Waals surface area contributed by atoms with Gasteiger partial charge in [-0.3, -0.25) is 9.67 Å². The molecule has 0 radical (unpaired) electrons. The number of guanidine groups is 1. The molecule has 0 fully saturated rings. The number of nitrogens with zero attached hydrogens (tertiary/aromatic N) is 6. The predicted molar refractivity (Wildman–Crippen MR) is 96.3 cm³/mol. The maximum absolute atomic E-state index is 4.28. The van der Waals surface area contributed by atoms with E-state index in [0.29, 0.717) is 12.5 Å². The first-order chi connectivity index (χ1) is 12.2. The van der Waals surface area contributed by atoms with Crippen LogP contribution in [0.5, 0.6) is 0 Å². The minimum absolute atomic E-state index is 0.0845. The first-order valence-corrected chi connectivity index (χ1v) is 8.07. The van der Waals surface area contributed by atoms with Crippen LogP contribution < -0.4 is 10.6 Å². The molecule has 0 saturated carbocycles. The quantitative estimate of drug-likeness (QED) is 0.543. The number of aliphatic imine (C=N–C) groups is 1. The van der Waals surface area contributed by atoms with Crippen molar-refractivity contribution in [3.05, 3.63) is 60.4 Å². The smallest absolute Gasteiger partial charge is 0.191 e. The highest BCUT2D eigenvalue weighted by molar-refractivity contribution is 5.80. The Bertz CT molecular complexity index is 834. The molecule has 0 spiro atoms. The summed E-state index contributed by atoms with van der Waals surface area (Å²) in [5.74, 6) is 1.55. The van der Waals surface area contributed by atoms with Crippen molar-refractivity contribution in [3.8, 4) is 5.69 Å². The molecule has 2 heterocycles. The van der Waals surface area contributed by atoms with E-state index >= 15 is 0 Å². The summed E-state index contributed by atoms with van der Waals surface area (Å²) in [7, 11) is 3.61. The van der Waals surface area contributed by atoms with Crippen molar-refractivity contribution in [1.29, 1.82) is 0 Å². The van der Waals surface area contributed by atoms with E-state index in [1.54, 1.807) is 17.9 Å². The van der Waals surface area contributed by atoms with Crippen molar-refractivity contribution in [1.82, 2.24) is 35.2 Å². The normalized spacial score (nSPS) is 12.8. The molecule has 0 aliphatic rings. The van der Waals surface area contributed by atoms with Crippen molar-refractivity contribution in [2.45, 2.75) is 19.5 Å². The van der Waals surface area contributed by atoms with Crippen LogP contribution in [0.4, 0.5) is 0 Å². The van der Waals surface area contributed by atoms with Gasteiger partial charge in [0.1, 0.15) is 12.2 Å². The molecule has 25 heavy (non-hydrogen) atoms. The lowest BCUT2D eigenvalue weighted by Gasteiger charge is -2.18. The van der Waals surface area contributed by atoms with Crippen LogP contribution in [-0.4, -0.2) is 37.6 Å². The van der Waals surface area contributed by atoms with Gasteiger partial charge in [0.15, 0.2) is 5.96 Å². The third kappa shape index (κ3) is 4.03. The lowest BCUT2D eigenvalue weighted by molar-refractivity contribution is 0.650. The van der Waals surface area contributed by atoms with Gasteiger partial charge in [-0.25, -0.2) is 9.67 Å². The first kappa shape index (κ1) is 16.7. The Morgan fingerprint density at radius 3 is 2.84 bits per heavy atom. The number of hydrogen-bond acceptors (Lipinski definition) is 4. The number of rotatable bonds is 5. The molecule has 0 amide bonds. The molecule has 2 aromatic heterocycles. The highest BCUT2D eigenvalue weighted by atomic mass is 15.3. The van der Waals surface area contributed by atoms with Gasteiger partial charge in [-0.05, 0) is 30.7 Å². The second-order valence-electron chi connectivity index (χ2n) is 5.64. The first-order valence-electron chi connectivity index (χ1n) is 8.07. The van der Waals surface area contributed by atoms with E-state index in [1.807, 2.05) is 36.1 Å². The Kier molecular flexibility index (Phi) is 5.08. The average molecular weight is 338 g/mol. The molecule has 8 nitrogen and oxygen atoms in total. The van der Waals surface area contributed by atoms with Crippen LogP contribution in [0.15, 0.2) is 54.0 Å². The Morgan fingerprint density at radius 1 is 1.28 bits per heavy atom. The maximum Gasteiger partial charge on any atom is 0.191 e. The van der Waals surface area contributed by atoms with E-state index in [4.69, 9.17) is 0 Å². The summed E-state index contributed by atoms with van der Waals surface area (Å²) in [5.41, 5.74) is 2.17. The SMILES string of the molecule is CN=C(NCc1ncnn1C)NC(C)c1cccc(-n2cccn2)c1. The maximum atomic E-state index is 4.28. The minimum Gasteiger partial charge on any atom is -0.350 e. The summed E-state index contributed by atoms with van der Waals surface area (Å²) in [6.45, 7) is 2.65. The molecule has 3 rings (SSSR count). The molecule has 1 aromatic carbocycles. The zero-order valence-electron chi connectivity index (χ0n) is 14.6. The molecule has 2 N–H and O–H groups in total. The van der Waals surface area contributed by atoms with Gasteiger partial charge >= 0.3 is 0 Å². The number of aryl methyl sites for hydroxylation is 1. The average Bonchev–Trinajstić information content (AvgIpc) is 3.30. The van der Waals surface area contributed by atoms with Crippen LogP contribution in [0.1, 0.15) is 24.4 Å². The lowest BCUT2D eigenvalue weighted by atomic mass is 10.1. The van der Waals surface area contributed by atoms with Gasteiger partial charge in [0.05, 0.1) is 18.3 Å². The van der Waals surface area contributed by atoms with E-state index in [0.717, 1.165) is 17.1 Å². The van der Waals surface area contributed by atoms with E-state index in [2.05, 4.69) is 49.9 Å². The number of hydrogen-bond donors (Lipinski definition) is 2. The fourth-order valence-electron chi connectivity index (χ4n) is 2.48. The Balaban J connectivity index is 1.65. The summed E-state index contributed by atoms with van der Waals surface area (Å²) in [6.07, 6.45) is 5.24. The molecule has 0 saturated heterocycles. The fourth-order valence-corrected chi connectivity index (χ4v) is 2.48. The molecule has 0 aliphatic heterocycles. The molecule has 8 heteroatoms. The predicted octanol–water partition coefficient (Wildman–Crippen LogP) is 1.43. The molecule has 130 valence electrons. The summed E-state index contributed by atoms with van der Waals surface area (Å²) in [4.78, 5) is 8.47. The van der Waals surface area contributed by atoms with Gasteiger partial charge in [0.2, 0.25) is 0 Å². The number of nitrogens with one attached hydrogen (secondary N) is 2. The summed E-state index contributed by atoms with van der Waals surface area (Å²) in [6, 6.07) is 10.2. The highest BCUT2D eigenvalue weighted by Crippen LogP contribution is 2.16. The zero-order valence-corrected chi connectivity index (χ0v) is 14.6. The highest BCUT2D eigenvalue weighted by Gasteiger charge is 2.10. The van der Waals surface area contributed by atoms with Crippen LogP contribution in [0, 0.1) is 0 Å². The van der Waals surface area contributed by atoms with Gasteiger partial charge in [-0.2, -0.15) is 10.2 Å². The summed E-state index contributed by atoms with van der Waals surface area (Å²) >= 11 is 0. The van der Waals surface area contributed by atoms with Crippen LogP contribution in [0.25, 0.3) is 5.69 Å². The summed E-state index contributed by atoms with van der Waals surface area (Å²) in [5, 5.41) is 15.0.